The number of ether oxygens (including phenoxy) is 1. The smallest absolute Gasteiger partial charge is 0.263 e. The highest BCUT2D eigenvalue weighted by molar-refractivity contribution is 6.32. The fraction of sp³-hybridized carbons (Fsp3) is 0.250. The molecular weight excluding hydrogens is 401 g/mol. The standard InChI is InChI=1S/C20H19Cl2N3O3/c1-3-16(27-17-7-5-4-6-15(17)22)20(26)25(2)12-18-23-19(24-28-18)13-8-10-14(21)11-9-13/h4-11,16H,3,12H2,1-2H3/t16-/m1/s1. The average Bonchev–Trinajstić information content (AvgIpc) is 3.16. The average molecular weight is 420 g/mol. The maximum Gasteiger partial charge on any atom is 0.263 e. The van der Waals surface area contributed by atoms with Crippen LogP contribution in [0, 0.1) is 0 Å². The second-order valence-corrected chi connectivity index (χ2v) is 7.00. The second kappa shape index (κ2) is 9.08. The van der Waals surface area contributed by atoms with Gasteiger partial charge in [-0.1, -0.05) is 47.4 Å². The van der Waals surface area contributed by atoms with Crippen molar-refractivity contribution < 1.29 is 14.1 Å². The number of benzene rings is 2. The zero-order chi connectivity index (χ0) is 20.1. The molecule has 0 spiro atoms. The van der Waals surface area contributed by atoms with Crippen LogP contribution in [0.2, 0.25) is 10.0 Å². The summed E-state index contributed by atoms with van der Waals surface area (Å²) < 4.78 is 11.1. The largest absolute Gasteiger partial charge is 0.479 e. The van der Waals surface area contributed by atoms with Crippen LogP contribution in [0.3, 0.4) is 0 Å². The van der Waals surface area contributed by atoms with E-state index in [-0.39, 0.29) is 12.5 Å². The van der Waals surface area contributed by atoms with E-state index in [0.717, 1.165) is 5.56 Å². The third kappa shape index (κ3) is 4.82. The van der Waals surface area contributed by atoms with E-state index in [0.29, 0.717) is 33.9 Å². The number of halogens is 2. The Morgan fingerprint density at radius 2 is 1.89 bits per heavy atom. The van der Waals surface area contributed by atoms with Gasteiger partial charge >= 0.3 is 0 Å². The molecule has 1 aromatic heterocycles. The summed E-state index contributed by atoms with van der Waals surface area (Å²) in [7, 11) is 1.66. The van der Waals surface area contributed by atoms with Crippen molar-refractivity contribution in [2.24, 2.45) is 0 Å². The third-order valence-electron chi connectivity index (χ3n) is 4.07. The lowest BCUT2D eigenvalue weighted by Crippen LogP contribution is -2.39. The molecule has 0 bridgehead atoms. The first-order valence-electron chi connectivity index (χ1n) is 8.72. The van der Waals surface area contributed by atoms with Gasteiger partial charge in [0, 0.05) is 17.6 Å². The zero-order valence-corrected chi connectivity index (χ0v) is 16.9. The highest BCUT2D eigenvalue weighted by Gasteiger charge is 2.24. The van der Waals surface area contributed by atoms with Gasteiger partial charge in [0.05, 0.1) is 11.6 Å². The van der Waals surface area contributed by atoms with Crippen LogP contribution >= 0.6 is 23.2 Å². The maximum absolute atomic E-state index is 12.8. The van der Waals surface area contributed by atoms with Crippen LogP contribution in [0.1, 0.15) is 19.2 Å². The Labute approximate surface area is 173 Å². The van der Waals surface area contributed by atoms with Crippen LogP contribution in [0.4, 0.5) is 0 Å². The van der Waals surface area contributed by atoms with E-state index >= 15 is 0 Å². The summed E-state index contributed by atoms with van der Waals surface area (Å²) in [5, 5.41) is 5.04. The minimum Gasteiger partial charge on any atom is -0.479 e. The van der Waals surface area contributed by atoms with E-state index in [1.165, 1.54) is 4.90 Å². The number of nitrogens with zero attached hydrogens (tertiary/aromatic N) is 3. The van der Waals surface area contributed by atoms with Gasteiger partial charge in [-0.2, -0.15) is 4.98 Å². The molecule has 1 atom stereocenters. The Hall–Kier alpha value is -2.57. The van der Waals surface area contributed by atoms with E-state index < -0.39 is 6.10 Å². The van der Waals surface area contributed by atoms with Gasteiger partial charge in [-0.05, 0) is 42.8 Å². The summed E-state index contributed by atoms with van der Waals surface area (Å²) >= 11 is 12.0. The molecule has 1 amide bonds. The molecule has 0 fully saturated rings. The first kappa shape index (κ1) is 20.2. The van der Waals surface area contributed by atoms with Crippen molar-refractivity contribution in [3.63, 3.8) is 0 Å². The molecular formula is C20H19Cl2N3O3. The number of amides is 1. The summed E-state index contributed by atoms with van der Waals surface area (Å²) in [6.07, 6.45) is -0.169. The molecule has 2 aromatic carbocycles. The highest BCUT2D eigenvalue weighted by atomic mass is 35.5. The van der Waals surface area contributed by atoms with Crippen molar-refractivity contribution in [2.45, 2.75) is 26.0 Å². The van der Waals surface area contributed by atoms with E-state index in [1.54, 1.807) is 55.6 Å². The Bertz CT molecular complexity index is 944. The Morgan fingerprint density at radius 3 is 2.57 bits per heavy atom. The predicted molar refractivity (Wildman–Crippen MR) is 107 cm³/mol. The molecule has 0 radical (unpaired) electrons. The van der Waals surface area contributed by atoms with Gasteiger partial charge in [-0.3, -0.25) is 4.79 Å². The molecule has 0 aliphatic heterocycles. The van der Waals surface area contributed by atoms with Crippen LogP contribution < -0.4 is 4.74 Å². The van der Waals surface area contributed by atoms with Crippen LogP contribution in [-0.2, 0) is 11.3 Å². The first-order valence-corrected chi connectivity index (χ1v) is 9.48. The highest BCUT2D eigenvalue weighted by Crippen LogP contribution is 2.25. The van der Waals surface area contributed by atoms with Gasteiger partial charge < -0.3 is 14.2 Å². The summed E-state index contributed by atoms with van der Waals surface area (Å²) in [4.78, 5) is 18.6. The lowest BCUT2D eigenvalue weighted by molar-refractivity contribution is -0.138. The van der Waals surface area contributed by atoms with Gasteiger partial charge in [0.25, 0.3) is 5.91 Å². The normalized spacial score (nSPS) is 11.9. The monoisotopic (exact) mass is 419 g/mol. The summed E-state index contributed by atoms with van der Waals surface area (Å²) in [6.45, 7) is 2.04. The molecule has 0 unspecified atom stereocenters. The minimum atomic E-state index is -0.663. The fourth-order valence-corrected chi connectivity index (χ4v) is 2.87. The topological polar surface area (TPSA) is 68.5 Å². The quantitative estimate of drug-likeness (QED) is 0.546. The Morgan fingerprint density at radius 1 is 1.18 bits per heavy atom. The number of aromatic nitrogens is 2. The molecule has 3 rings (SSSR count). The molecule has 0 aliphatic rings. The molecule has 0 N–H and O–H groups in total. The van der Waals surface area contributed by atoms with Crippen molar-refractivity contribution in [3.8, 4) is 17.1 Å². The second-order valence-electron chi connectivity index (χ2n) is 6.16. The van der Waals surface area contributed by atoms with Gasteiger partial charge in [-0.15, -0.1) is 0 Å². The SMILES string of the molecule is CC[C@@H](Oc1ccccc1Cl)C(=O)N(C)Cc1nc(-c2ccc(Cl)cc2)no1. The Kier molecular flexibility index (Phi) is 6.54. The molecule has 1 heterocycles. The maximum atomic E-state index is 12.8. The molecule has 28 heavy (non-hydrogen) atoms. The molecule has 3 aromatic rings. The van der Waals surface area contributed by atoms with E-state index in [1.807, 2.05) is 6.92 Å². The molecule has 6 nitrogen and oxygen atoms in total. The zero-order valence-electron chi connectivity index (χ0n) is 15.4. The van der Waals surface area contributed by atoms with Gasteiger partial charge in [-0.25, -0.2) is 0 Å². The number of carbonyl (C=O) groups is 1. The molecule has 8 heteroatoms. The van der Waals surface area contributed by atoms with Crippen molar-refractivity contribution in [1.82, 2.24) is 15.0 Å². The van der Waals surface area contributed by atoms with Gasteiger partial charge in [0.15, 0.2) is 6.10 Å². The van der Waals surface area contributed by atoms with Gasteiger partial charge in [0.1, 0.15) is 5.75 Å². The van der Waals surface area contributed by atoms with Gasteiger partial charge in [0.2, 0.25) is 11.7 Å². The third-order valence-corrected chi connectivity index (χ3v) is 4.64. The number of likely N-dealkylation sites (N-methyl/N-ethyl adjacent to an activating group) is 1. The summed E-state index contributed by atoms with van der Waals surface area (Å²) in [5.74, 6) is 1.04. The van der Waals surface area contributed by atoms with E-state index in [2.05, 4.69) is 10.1 Å². The van der Waals surface area contributed by atoms with Crippen molar-refractivity contribution >= 4 is 29.1 Å². The molecule has 0 saturated carbocycles. The number of rotatable bonds is 7. The van der Waals surface area contributed by atoms with Crippen LogP contribution in [0.25, 0.3) is 11.4 Å². The van der Waals surface area contributed by atoms with Crippen molar-refractivity contribution in [2.75, 3.05) is 7.05 Å². The number of hydrogen-bond donors (Lipinski definition) is 0. The molecule has 146 valence electrons. The fourth-order valence-electron chi connectivity index (χ4n) is 2.56. The minimum absolute atomic E-state index is 0.168. The van der Waals surface area contributed by atoms with Crippen LogP contribution in [0.5, 0.6) is 5.75 Å². The number of carbonyl (C=O) groups excluding carboxylic acids is 1. The lowest BCUT2D eigenvalue weighted by atomic mass is 10.2. The number of hydrogen-bond acceptors (Lipinski definition) is 5. The summed E-state index contributed by atoms with van der Waals surface area (Å²) in [6, 6.07) is 14.2. The van der Waals surface area contributed by atoms with E-state index in [4.69, 9.17) is 32.5 Å². The lowest BCUT2D eigenvalue weighted by Gasteiger charge is -2.23. The summed E-state index contributed by atoms with van der Waals surface area (Å²) in [5.41, 5.74) is 0.780. The predicted octanol–water partition coefficient (Wildman–Crippen LogP) is 4.86. The molecule has 0 aliphatic carbocycles. The molecule has 0 saturated heterocycles. The van der Waals surface area contributed by atoms with Crippen molar-refractivity contribution in [3.05, 3.63) is 64.5 Å². The Balaban J connectivity index is 1.66. The van der Waals surface area contributed by atoms with Crippen LogP contribution in [0.15, 0.2) is 53.1 Å². The van der Waals surface area contributed by atoms with Crippen LogP contribution in [-0.4, -0.2) is 34.1 Å². The van der Waals surface area contributed by atoms with E-state index in [9.17, 15) is 4.79 Å². The number of para-hydroxylation sites is 1. The first-order chi connectivity index (χ1) is 13.5. The van der Waals surface area contributed by atoms with Crippen molar-refractivity contribution in [1.29, 1.82) is 0 Å².